The molecule has 25 heavy (non-hydrogen) atoms. The number of carbonyl (C=O) groups is 2. The smallest absolute Gasteiger partial charge is 0.234 e. The first-order valence-corrected chi connectivity index (χ1v) is 8.94. The lowest BCUT2D eigenvalue weighted by atomic mass is 10.1. The van der Waals surface area contributed by atoms with Crippen LogP contribution >= 0.6 is 23.4 Å². The number of ether oxygens (including phenoxy) is 1. The summed E-state index contributed by atoms with van der Waals surface area (Å²) in [7, 11) is 1.49. The topological polar surface area (TPSA) is 55.4 Å². The van der Waals surface area contributed by atoms with Gasteiger partial charge in [0.05, 0.1) is 24.3 Å². The Kier molecular flexibility index (Phi) is 6.84. The number of benzene rings is 2. The molecule has 0 bridgehead atoms. The highest BCUT2D eigenvalue weighted by Crippen LogP contribution is 2.31. The molecule has 0 aliphatic rings. The van der Waals surface area contributed by atoms with Gasteiger partial charge in [0.25, 0.3) is 0 Å². The maximum absolute atomic E-state index is 12.8. The molecule has 0 saturated carbocycles. The summed E-state index contributed by atoms with van der Waals surface area (Å²) in [5.41, 5.74) is 1.76. The van der Waals surface area contributed by atoms with Gasteiger partial charge in [-0.3, -0.25) is 9.59 Å². The first-order chi connectivity index (χ1) is 11.9. The van der Waals surface area contributed by atoms with Crippen molar-refractivity contribution in [2.75, 3.05) is 23.9 Å². The molecule has 0 heterocycles. The zero-order valence-electron chi connectivity index (χ0n) is 13.8. The molecule has 0 spiro atoms. The second-order valence-corrected chi connectivity index (χ2v) is 6.67. The van der Waals surface area contributed by atoms with Gasteiger partial charge in [0.2, 0.25) is 5.91 Å². The van der Waals surface area contributed by atoms with Crippen molar-refractivity contribution in [3.8, 4) is 5.75 Å². The molecule has 132 valence electrons. The summed E-state index contributed by atoms with van der Waals surface area (Å²) in [6.45, 7) is 1.83. The second-order valence-electron chi connectivity index (χ2n) is 5.27. The lowest BCUT2D eigenvalue weighted by Crippen LogP contribution is -2.16. The zero-order chi connectivity index (χ0) is 18.4. The van der Waals surface area contributed by atoms with E-state index in [1.165, 1.54) is 43.1 Å². The van der Waals surface area contributed by atoms with E-state index < -0.39 is 5.82 Å². The summed E-state index contributed by atoms with van der Waals surface area (Å²) in [5, 5.41) is 3.30. The maximum Gasteiger partial charge on any atom is 0.234 e. The van der Waals surface area contributed by atoms with Gasteiger partial charge in [-0.15, -0.1) is 11.8 Å². The number of methoxy groups -OCH3 is 1. The number of hydrogen-bond acceptors (Lipinski definition) is 4. The van der Waals surface area contributed by atoms with Gasteiger partial charge in [0, 0.05) is 16.7 Å². The van der Waals surface area contributed by atoms with Crippen LogP contribution in [-0.2, 0) is 4.79 Å². The van der Waals surface area contributed by atoms with E-state index in [0.717, 1.165) is 5.56 Å². The number of carbonyl (C=O) groups excluding carboxylic acids is 2. The van der Waals surface area contributed by atoms with E-state index in [-0.39, 0.29) is 23.2 Å². The Balaban J connectivity index is 1.88. The van der Waals surface area contributed by atoms with Gasteiger partial charge in [-0.1, -0.05) is 11.6 Å². The molecule has 1 amide bonds. The number of amides is 1. The number of hydrogen-bond donors (Lipinski definition) is 1. The van der Waals surface area contributed by atoms with Crippen molar-refractivity contribution in [3.63, 3.8) is 0 Å². The molecule has 2 aromatic carbocycles. The molecule has 0 aromatic heterocycles. The van der Waals surface area contributed by atoms with E-state index >= 15 is 0 Å². The average Bonchev–Trinajstić information content (AvgIpc) is 2.58. The Bertz CT molecular complexity index is 781. The highest BCUT2D eigenvalue weighted by molar-refractivity contribution is 8.00. The molecular formula is C18H17ClFNO3S. The molecule has 2 aromatic rings. The second kappa shape index (κ2) is 8.87. The lowest BCUT2D eigenvalue weighted by molar-refractivity contribution is -0.113. The van der Waals surface area contributed by atoms with Gasteiger partial charge < -0.3 is 10.1 Å². The molecule has 0 fully saturated rings. The van der Waals surface area contributed by atoms with Crippen molar-refractivity contribution < 1.29 is 18.7 Å². The van der Waals surface area contributed by atoms with E-state index in [1.807, 2.05) is 6.92 Å². The van der Waals surface area contributed by atoms with Crippen LogP contribution < -0.4 is 10.1 Å². The van der Waals surface area contributed by atoms with Crippen LogP contribution in [0.1, 0.15) is 15.9 Å². The monoisotopic (exact) mass is 381 g/mol. The quantitative estimate of drug-likeness (QED) is 0.724. The van der Waals surface area contributed by atoms with Crippen LogP contribution in [-0.4, -0.2) is 30.3 Å². The van der Waals surface area contributed by atoms with Crippen LogP contribution in [0.25, 0.3) is 0 Å². The largest absolute Gasteiger partial charge is 0.495 e. The summed E-state index contributed by atoms with van der Waals surface area (Å²) in [6.07, 6.45) is 0. The van der Waals surface area contributed by atoms with Crippen molar-refractivity contribution in [2.45, 2.75) is 6.92 Å². The van der Waals surface area contributed by atoms with Gasteiger partial charge in [-0.25, -0.2) is 4.39 Å². The summed E-state index contributed by atoms with van der Waals surface area (Å²) in [4.78, 5) is 24.0. The summed E-state index contributed by atoms with van der Waals surface area (Å²) in [6, 6.07) is 8.70. The van der Waals surface area contributed by atoms with E-state index in [2.05, 4.69) is 5.32 Å². The first kappa shape index (κ1) is 19.3. The summed E-state index contributed by atoms with van der Waals surface area (Å²) < 4.78 is 18.0. The standard InChI is InChI=1S/C18H17ClFNO3S/c1-11-7-15(17(24-2)8-14(11)19)21-18(23)10-25-9-16(22)12-3-5-13(20)6-4-12/h3-8H,9-10H2,1-2H3,(H,21,23). The third-order valence-electron chi connectivity index (χ3n) is 3.39. The van der Waals surface area contributed by atoms with Crippen LogP contribution in [0.3, 0.4) is 0 Å². The molecule has 4 nitrogen and oxygen atoms in total. The molecule has 0 radical (unpaired) electrons. The average molecular weight is 382 g/mol. The minimum Gasteiger partial charge on any atom is -0.495 e. The number of nitrogens with one attached hydrogen (secondary N) is 1. The van der Waals surface area contributed by atoms with Gasteiger partial charge in [-0.05, 0) is 42.8 Å². The predicted molar refractivity (Wildman–Crippen MR) is 99.4 cm³/mol. The Morgan fingerprint density at radius 1 is 1.20 bits per heavy atom. The van der Waals surface area contributed by atoms with Crippen LogP contribution in [0.2, 0.25) is 5.02 Å². The van der Waals surface area contributed by atoms with Crippen molar-refractivity contribution in [1.82, 2.24) is 0 Å². The van der Waals surface area contributed by atoms with E-state index in [9.17, 15) is 14.0 Å². The normalized spacial score (nSPS) is 10.4. The van der Waals surface area contributed by atoms with Gasteiger partial charge in [-0.2, -0.15) is 0 Å². The van der Waals surface area contributed by atoms with Gasteiger partial charge >= 0.3 is 0 Å². The Labute approximate surface area is 154 Å². The zero-order valence-corrected chi connectivity index (χ0v) is 15.3. The van der Waals surface area contributed by atoms with Crippen LogP contribution in [0.15, 0.2) is 36.4 Å². The van der Waals surface area contributed by atoms with E-state index in [1.54, 1.807) is 12.1 Å². The van der Waals surface area contributed by atoms with Gasteiger partial charge in [0.1, 0.15) is 11.6 Å². The fourth-order valence-electron chi connectivity index (χ4n) is 2.07. The third kappa shape index (κ3) is 5.47. The van der Waals surface area contributed by atoms with Crippen LogP contribution in [0.4, 0.5) is 10.1 Å². The number of halogens is 2. The molecule has 0 atom stereocenters. The SMILES string of the molecule is COc1cc(Cl)c(C)cc1NC(=O)CSCC(=O)c1ccc(F)cc1. The minimum absolute atomic E-state index is 0.109. The molecule has 0 saturated heterocycles. The molecule has 0 aliphatic heterocycles. The number of thioether (sulfide) groups is 1. The molecule has 2 rings (SSSR count). The lowest BCUT2D eigenvalue weighted by Gasteiger charge is -2.12. The molecule has 0 aliphatic carbocycles. The number of aryl methyl sites for hydroxylation is 1. The Morgan fingerprint density at radius 2 is 1.88 bits per heavy atom. The van der Waals surface area contributed by atoms with E-state index in [4.69, 9.17) is 16.3 Å². The maximum atomic E-state index is 12.8. The molecule has 0 unspecified atom stereocenters. The third-order valence-corrected chi connectivity index (χ3v) is 4.73. The highest BCUT2D eigenvalue weighted by atomic mass is 35.5. The summed E-state index contributed by atoms with van der Waals surface area (Å²) in [5.74, 6) is -0.0880. The van der Waals surface area contributed by atoms with Crippen LogP contribution in [0.5, 0.6) is 5.75 Å². The van der Waals surface area contributed by atoms with Crippen molar-refractivity contribution in [2.24, 2.45) is 0 Å². The van der Waals surface area contributed by atoms with Crippen LogP contribution in [0, 0.1) is 12.7 Å². The highest BCUT2D eigenvalue weighted by Gasteiger charge is 2.12. The van der Waals surface area contributed by atoms with Crippen molar-refractivity contribution in [3.05, 3.63) is 58.4 Å². The summed E-state index contributed by atoms with van der Waals surface area (Å²) >= 11 is 7.22. The van der Waals surface area contributed by atoms with Gasteiger partial charge in [0.15, 0.2) is 5.78 Å². The molecular weight excluding hydrogens is 365 g/mol. The first-order valence-electron chi connectivity index (χ1n) is 7.41. The van der Waals surface area contributed by atoms with E-state index in [0.29, 0.717) is 22.0 Å². The molecule has 7 heteroatoms. The number of ketones is 1. The molecule has 1 N–H and O–H groups in total. The predicted octanol–water partition coefficient (Wildman–Crippen LogP) is 4.35. The fourth-order valence-corrected chi connectivity index (χ4v) is 2.94. The fraction of sp³-hybridized carbons (Fsp3) is 0.222. The van der Waals surface area contributed by atoms with Crippen molar-refractivity contribution in [1.29, 1.82) is 0 Å². The minimum atomic E-state index is -0.393. The number of Topliss-reactive ketones (excluding diaryl/α,β-unsaturated/α-hetero) is 1. The Morgan fingerprint density at radius 3 is 2.52 bits per heavy atom. The number of rotatable bonds is 7. The Hall–Kier alpha value is -2.05. The number of anilines is 1. The van der Waals surface area contributed by atoms with Crippen molar-refractivity contribution >= 4 is 40.7 Å².